The van der Waals surface area contributed by atoms with Crippen LogP contribution in [0.5, 0.6) is 0 Å². The molecule has 1 amide bonds. The number of nitrogens with zero attached hydrogens (tertiary/aromatic N) is 4. The minimum atomic E-state index is -0.123. The summed E-state index contributed by atoms with van der Waals surface area (Å²) in [4.78, 5) is 27.3. The molecule has 2 aromatic carbocycles. The van der Waals surface area contributed by atoms with Crippen molar-refractivity contribution in [1.82, 2.24) is 19.9 Å². The van der Waals surface area contributed by atoms with E-state index in [1.165, 1.54) is 12.4 Å². The number of para-hydroxylation sites is 1. The van der Waals surface area contributed by atoms with Crippen molar-refractivity contribution in [1.29, 1.82) is 0 Å². The molecule has 0 bridgehead atoms. The molecule has 138 valence electrons. The van der Waals surface area contributed by atoms with Gasteiger partial charge >= 0.3 is 0 Å². The van der Waals surface area contributed by atoms with Gasteiger partial charge in [0.2, 0.25) is 5.95 Å². The highest BCUT2D eigenvalue weighted by Gasteiger charge is 2.13. The van der Waals surface area contributed by atoms with Crippen LogP contribution in [0.2, 0.25) is 0 Å². The number of nitrogens with one attached hydrogen (secondary N) is 1. The van der Waals surface area contributed by atoms with Crippen LogP contribution >= 0.6 is 0 Å². The predicted molar refractivity (Wildman–Crippen MR) is 109 cm³/mol. The van der Waals surface area contributed by atoms with Gasteiger partial charge in [0, 0.05) is 37.6 Å². The number of rotatable bonds is 5. The topological polar surface area (TPSA) is 71.0 Å². The van der Waals surface area contributed by atoms with E-state index in [0.29, 0.717) is 18.1 Å². The first-order valence-corrected chi connectivity index (χ1v) is 8.93. The lowest BCUT2D eigenvalue weighted by Gasteiger charge is -2.17. The van der Waals surface area contributed by atoms with Gasteiger partial charge in [0.05, 0.1) is 16.8 Å². The standard InChI is InChI=1S/C22H19N5O/c1-27(15-16-7-3-2-4-8-16)21(28)18-13-24-22(25-14-18)26-19-11-5-9-17-10-6-12-23-20(17)19/h2-14H,15H2,1H3,(H,24,25,26). The third kappa shape index (κ3) is 3.81. The molecule has 0 saturated heterocycles. The average Bonchev–Trinajstić information content (AvgIpc) is 2.75. The number of fused-ring (bicyclic) bond motifs is 1. The molecule has 0 radical (unpaired) electrons. The van der Waals surface area contributed by atoms with Crippen LogP contribution < -0.4 is 5.32 Å². The predicted octanol–water partition coefficient (Wildman–Crippen LogP) is 4.04. The van der Waals surface area contributed by atoms with E-state index in [2.05, 4.69) is 20.3 Å². The van der Waals surface area contributed by atoms with Crippen LogP contribution in [0.1, 0.15) is 15.9 Å². The molecule has 28 heavy (non-hydrogen) atoms. The summed E-state index contributed by atoms with van der Waals surface area (Å²) in [6.07, 6.45) is 4.83. The molecule has 2 heterocycles. The van der Waals surface area contributed by atoms with Crippen molar-refractivity contribution in [2.24, 2.45) is 0 Å². The van der Waals surface area contributed by atoms with Crippen molar-refractivity contribution in [2.75, 3.05) is 12.4 Å². The first kappa shape index (κ1) is 17.6. The quantitative estimate of drug-likeness (QED) is 0.575. The van der Waals surface area contributed by atoms with Crippen molar-refractivity contribution in [3.05, 3.63) is 90.4 Å². The maximum atomic E-state index is 12.6. The van der Waals surface area contributed by atoms with Gasteiger partial charge in [-0.2, -0.15) is 0 Å². The lowest BCUT2D eigenvalue weighted by molar-refractivity contribution is 0.0784. The van der Waals surface area contributed by atoms with E-state index in [4.69, 9.17) is 0 Å². The maximum Gasteiger partial charge on any atom is 0.257 e. The molecule has 0 aliphatic heterocycles. The van der Waals surface area contributed by atoms with Gasteiger partial charge < -0.3 is 10.2 Å². The Balaban J connectivity index is 1.48. The molecular weight excluding hydrogens is 350 g/mol. The van der Waals surface area contributed by atoms with Gasteiger partial charge in [0.25, 0.3) is 5.91 Å². The van der Waals surface area contributed by atoms with Crippen LogP contribution in [0.25, 0.3) is 10.9 Å². The van der Waals surface area contributed by atoms with Gasteiger partial charge in [-0.15, -0.1) is 0 Å². The second-order valence-electron chi connectivity index (χ2n) is 6.45. The van der Waals surface area contributed by atoms with E-state index >= 15 is 0 Å². The Morgan fingerprint density at radius 1 is 0.929 bits per heavy atom. The molecule has 4 rings (SSSR count). The minimum absolute atomic E-state index is 0.123. The highest BCUT2D eigenvalue weighted by Crippen LogP contribution is 2.22. The summed E-state index contributed by atoms with van der Waals surface area (Å²) in [6, 6.07) is 19.6. The maximum absolute atomic E-state index is 12.6. The number of benzene rings is 2. The van der Waals surface area contributed by atoms with Crippen LogP contribution in [0, 0.1) is 0 Å². The summed E-state index contributed by atoms with van der Waals surface area (Å²) >= 11 is 0. The molecule has 0 aliphatic rings. The molecule has 6 nitrogen and oxygen atoms in total. The Kier molecular flexibility index (Phi) is 4.93. The van der Waals surface area contributed by atoms with Crippen molar-refractivity contribution >= 4 is 28.4 Å². The molecule has 6 heteroatoms. The van der Waals surface area contributed by atoms with Gasteiger partial charge in [0.15, 0.2) is 0 Å². The summed E-state index contributed by atoms with van der Waals surface area (Å²) in [7, 11) is 1.77. The SMILES string of the molecule is CN(Cc1ccccc1)C(=O)c1cnc(Nc2cccc3cccnc23)nc1. The normalized spacial score (nSPS) is 10.6. The van der Waals surface area contributed by atoms with E-state index < -0.39 is 0 Å². The van der Waals surface area contributed by atoms with Gasteiger partial charge in [-0.05, 0) is 17.7 Å². The monoisotopic (exact) mass is 369 g/mol. The number of anilines is 2. The molecule has 2 aromatic heterocycles. The fourth-order valence-electron chi connectivity index (χ4n) is 2.98. The molecule has 1 N–H and O–H groups in total. The number of carbonyl (C=O) groups excluding carboxylic acids is 1. The summed E-state index contributed by atoms with van der Waals surface area (Å²) in [5, 5.41) is 4.20. The van der Waals surface area contributed by atoms with Crippen molar-refractivity contribution in [3.63, 3.8) is 0 Å². The Morgan fingerprint density at radius 3 is 2.46 bits per heavy atom. The lowest BCUT2D eigenvalue weighted by Crippen LogP contribution is -2.26. The fraction of sp³-hybridized carbons (Fsp3) is 0.0909. The van der Waals surface area contributed by atoms with Crippen molar-refractivity contribution < 1.29 is 4.79 Å². The third-order valence-electron chi connectivity index (χ3n) is 4.39. The van der Waals surface area contributed by atoms with Gasteiger partial charge in [0.1, 0.15) is 0 Å². The first-order chi connectivity index (χ1) is 13.7. The second kappa shape index (κ2) is 7.84. The van der Waals surface area contributed by atoms with Gasteiger partial charge in [-0.1, -0.05) is 48.5 Å². The van der Waals surface area contributed by atoms with Gasteiger partial charge in [-0.3, -0.25) is 9.78 Å². The molecule has 0 unspecified atom stereocenters. The molecule has 0 saturated carbocycles. The van der Waals surface area contributed by atoms with E-state index in [9.17, 15) is 4.79 Å². The Morgan fingerprint density at radius 2 is 1.68 bits per heavy atom. The third-order valence-corrected chi connectivity index (χ3v) is 4.39. The molecular formula is C22H19N5O. The average molecular weight is 369 g/mol. The minimum Gasteiger partial charge on any atom is -0.337 e. The van der Waals surface area contributed by atoms with E-state index in [0.717, 1.165) is 22.2 Å². The summed E-state index contributed by atoms with van der Waals surface area (Å²) < 4.78 is 0. The summed E-state index contributed by atoms with van der Waals surface area (Å²) in [5.74, 6) is 0.294. The van der Waals surface area contributed by atoms with Crippen LogP contribution in [0.3, 0.4) is 0 Å². The van der Waals surface area contributed by atoms with Crippen LogP contribution in [-0.4, -0.2) is 32.8 Å². The number of hydrogen-bond acceptors (Lipinski definition) is 5. The summed E-state index contributed by atoms with van der Waals surface area (Å²) in [6.45, 7) is 0.529. The highest BCUT2D eigenvalue weighted by molar-refractivity contribution is 5.94. The van der Waals surface area contributed by atoms with Crippen LogP contribution in [0.4, 0.5) is 11.6 Å². The zero-order valence-electron chi connectivity index (χ0n) is 15.4. The van der Waals surface area contributed by atoms with E-state index in [-0.39, 0.29) is 5.91 Å². The Hall–Kier alpha value is -3.80. The number of aromatic nitrogens is 3. The molecule has 0 aliphatic carbocycles. The smallest absolute Gasteiger partial charge is 0.257 e. The van der Waals surface area contributed by atoms with Crippen molar-refractivity contribution in [3.8, 4) is 0 Å². The lowest BCUT2D eigenvalue weighted by atomic mass is 10.2. The molecule has 0 spiro atoms. The van der Waals surface area contributed by atoms with Crippen molar-refractivity contribution in [2.45, 2.75) is 6.54 Å². The van der Waals surface area contributed by atoms with Gasteiger partial charge in [-0.25, -0.2) is 9.97 Å². The first-order valence-electron chi connectivity index (χ1n) is 8.93. The largest absolute Gasteiger partial charge is 0.337 e. The number of carbonyl (C=O) groups is 1. The molecule has 0 atom stereocenters. The molecule has 4 aromatic rings. The van der Waals surface area contributed by atoms with E-state index in [1.807, 2.05) is 60.7 Å². The summed E-state index contributed by atoms with van der Waals surface area (Å²) in [5.41, 5.74) is 3.18. The zero-order valence-corrected chi connectivity index (χ0v) is 15.4. The number of hydrogen-bond donors (Lipinski definition) is 1. The molecule has 0 fully saturated rings. The number of pyridine rings is 1. The van der Waals surface area contributed by atoms with Crippen LogP contribution in [-0.2, 0) is 6.54 Å². The van der Waals surface area contributed by atoms with E-state index in [1.54, 1.807) is 18.1 Å². The highest BCUT2D eigenvalue weighted by atomic mass is 16.2. The zero-order chi connectivity index (χ0) is 19.3. The Bertz CT molecular complexity index is 1090. The second-order valence-corrected chi connectivity index (χ2v) is 6.45. The number of amides is 1. The fourth-order valence-corrected chi connectivity index (χ4v) is 2.98. The Labute approximate surface area is 162 Å². The van der Waals surface area contributed by atoms with Crippen LogP contribution in [0.15, 0.2) is 79.3 Å².